The largest absolute Gasteiger partial charge is 0.415 e. The smallest absolute Gasteiger partial charge is 0.410 e. The Bertz CT molecular complexity index is 1050. The normalized spacial score (nSPS) is 13.5. The predicted molar refractivity (Wildman–Crippen MR) is 122 cm³/mol. The molecule has 4 rings (SSSR count). The molecule has 6 heteroatoms. The van der Waals surface area contributed by atoms with Gasteiger partial charge in [0.05, 0.1) is 11.6 Å². The van der Waals surface area contributed by atoms with Crippen LogP contribution in [0.5, 0.6) is 5.75 Å². The fourth-order valence-corrected chi connectivity index (χ4v) is 3.64. The Balaban J connectivity index is 0.00000141. The molecule has 164 valence electrons. The van der Waals surface area contributed by atoms with Gasteiger partial charge in [-0.3, -0.25) is 0 Å². The van der Waals surface area contributed by atoms with Gasteiger partial charge in [0.25, 0.3) is 0 Å². The van der Waals surface area contributed by atoms with E-state index in [1.165, 1.54) is 6.07 Å². The number of ether oxygens (including phenoxy) is 1. The van der Waals surface area contributed by atoms with Gasteiger partial charge in [-0.1, -0.05) is 44.2 Å². The number of hydrogen-bond donors (Lipinski definition) is 0. The van der Waals surface area contributed by atoms with Crippen LogP contribution in [0.3, 0.4) is 0 Å². The molecule has 32 heavy (non-hydrogen) atoms. The maximum atomic E-state index is 13.0. The first kappa shape index (κ1) is 23.0. The third-order valence-electron chi connectivity index (χ3n) is 5.38. The van der Waals surface area contributed by atoms with E-state index in [9.17, 15) is 9.18 Å². The zero-order valence-electron chi connectivity index (χ0n) is 18.3. The Hall–Kier alpha value is -3.72. The summed E-state index contributed by atoms with van der Waals surface area (Å²) in [5.41, 5.74) is 3.59. The number of carbonyl (C=O) groups is 1. The summed E-state index contributed by atoms with van der Waals surface area (Å²) in [7, 11) is 0. The molecule has 1 aromatic heterocycles. The molecule has 1 saturated heterocycles. The van der Waals surface area contributed by atoms with Gasteiger partial charge in [-0.05, 0) is 65.8 Å². The summed E-state index contributed by atoms with van der Waals surface area (Å²) in [6.07, 6.45) is 2.79. The highest BCUT2D eigenvalue weighted by Crippen LogP contribution is 2.28. The standard InChI is InChI=1S/C24H20FN3O2.C2H6/c25-23-10-7-21(16-27-23)20-11-13-28(14-12-20)24(29)30-22-8-5-19(6-9-22)18-3-1-17(15-26)2-4-18;1-2/h1-10,16,20H,11-14H2;1-2H3. The third kappa shape index (κ3) is 5.70. The van der Waals surface area contributed by atoms with Crippen LogP contribution in [-0.2, 0) is 0 Å². The Labute approximate surface area is 188 Å². The molecule has 1 fully saturated rings. The van der Waals surface area contributed by atoms with Crippen molar-refractivity contribution in [2.45, 2.75) is 32.6 Å². The van der Waals surface area contributed by atoms with Gasteiger partial charge in [-0.15, -0.1) is 0 Å². The van der Waals surface area contributed by atoms with Crippen molar-refractivity contribution in [3.8, 4) is 22.9 Å². The Morgan fingerprint density at radius 1 is 1.00 bits per heavy atom. The van der Waals surface area contributed by atoms with Crippen LogP contribution >= 0.6 is 0 Å². The predicted octanol–water partition coefficient (Wildman–Crippen LogP) is 6.16. The van der Waals surface area contributed by atoms with Gasteiger partial charge in [0.2, 0.25) is 5.95 Å². The van der Waals surface area contributed by atoms with Gasteiger partial charge in [0.15, 0.2) is 0 Å². The lowest BCUT2D eigenvalue weighted by atomic mass is 9.91. The van der Waals surface area contributed by atoms with Crippen LogP contribution in [0, 0.1) is 17.3 Å². The van der Waals surface area contributed by atoms with Gasteiger partial charge >= 0.3 is 6.09 Å². The first-order valence-corrected chi connectivity index (χ1v) is 10.8. The van der Waals surface area contributed by atoms with Crippen molar-refractivity contribution in [3.05, 3.63) is 83.9 Å². The number of nitriles is 1. The lowest BCUT2D eigenvalue weighted by Gasteiger charge is -2.31. The lowest BCUT2D eigenvalue weighted by molar-refractivity contribution is 0.138. The van der Waals surface area contributed by atoms with E-state index in [2.05, 4.69) is 11.1 Å². The van der Waals surface area contributed by atoms with Gasteiger partial charge in [0.1, 0.15) is 5.75 Å². The van der Waals surface area contributed by atoms with Crippen molar-refractivity contribution in [3.63, 3.8) is 0 Å². The van der Waals surface area contributed by atoms with Crippen LogP contribution in [0.15, 0.2) is 66.9 Å². The zero-order chi connectivity index (χ0) is 22.9. The average Bonchev–Trinajstić information content (AvgIpc) is 2.86. The summed E-state index contributed by atoms with van der Waals surface area (Å²) < 4.78 is 18.5. The highest BCUT2D eigenvalue weighted by Gasteiger charge is 2.25. The van der Waals surface area contributed by atoms with E-state index in [-0.39, 0.29) is 12.0 Å². The molecule has 2 heterocycles. The summed E-state index contributed by atoms with van der Waals surface area (Å²) in [4.78, 5) is 17.9. The Kier molecular flexibility index (Phi) is 7.93. The summed E-state index contributed by atoms with van der Waals surface area (Å²) in [6, 6.07) is 19.9. The summed E-state index contributed by atoms with van der Waals surface area (Å²) >= 11 is 0. The SMILES string of the molecule is CC.N#Cc1ccc(-c2ccc(OC(=O)N3CCC(c4ccc(F)nc4)CC3)cc2)cc1. The van der Waals surface area contributed by atoms with Crippen molar-refractivity contribution < 1.29 is 13.9 Å². The molecule has 2 aromatic carbocycles. The number of aromatic nitrogens is 1. The van der Waals surface area contributed by atoms with Crippen LogP contribution in [0.4, 0.5) is 9.18 Å². The lowest BCUT2D eigenvalue weighted by Crippen LogP contribution is -2.39. The quantitative estimate of drug-likeness (QED) is 0.466. The minimum Gasteiger partial charge on any atom is -0.410 e. The van der Waals surface area contributed by atoms with E-state index < -0.39 is 5.95 Å². The highest BCUT2D eigenvalue weighted by atomic mass is 19.1. The molecule has 0 radical (unpaired) electrons. The second-order valence-corrected chi connectivity index (χ2v) is 7.26. The van der Waals surface area contributed by atoms with Gasteiger partial charge in [-0.25, -0.2) is 9.78 Å². The van der Waals surface area contributed by atoms with Gasteiger partial charge in [0, 0.05) is 19.3 Å². The molecule has 0 aliphatic carbocycles. The number of piperidine rings is 1. The summed E-state index contributed by atoms with van der Waals surface area (Å²) in [5.74, 6) is 0.279. The second-order valence-electron chi connectivity index (χ2n) is 7.26. The number of carbonyl (C=O) groups excluding carboxylic acids is 1. The average molecular weight is 432 g/mol. The van der Waals surface area contributed by atoms with Crippen molar-refractivity contribution in [2.24, 2.45) is 0 Å². The Morgan fingerprint density at radius 2 is 1.59 bits per heavy atom. The molecule has 0 atom stereocenters. The van der Waals surface area contributed by atoms with Crippen LogP contribution < -0.4 is 4.74 Å². The number of nitrogens with zero attached hydrogens (tertiary/aromatic N) is 3. The second kappa shape index (κ2) is 11.1. The Morgan fingerprint density at radius 3 is 2.12 bits per heavy atom. The van der Waals surface area contributed by atoms with Crippen molar-refractivity contribution in [1.29, 1.82) is 5.26 Å². The van der Waals surface area contributed by atoms with E-state index in [0.717, 1.165) is 29.5 Å². The first-order chi connectivity index (χ1) is 15.6. The molecule has 3 aromatic rings. The first-order valence-electron chi connectivity index (χ1n) is 10.8. The molecule has 0 bridgehead atoms. The number of hydrogen-bond acceptors (Lipinski definition) is 4. The molecular formula is C26H26FN3O2. The van der Waals surface area contributed by atoms with Crippen LogP contribution in [0.25, 0.3) is 11.1 Å². The fraction of sp³-hybridized carbons (Fsp3) is 0.269. The molecular weight excluding hydrogens is 405 g/mol. The van der Waals surface area contributed by atoms with E-state index in [1.54, 1.807) is 41.4 Å². The summed E-state index contributed by atoms with van der Waals surface area (Å²) in [6.45, 7) is 5.18. The molecule has 1 aliphatic heterocycles. The van der Waals surface area contributed by atoms with Crippen LogP contribution in [0.2, 0.25) is 0 Å². The minimum absolute atomic E-state index is 0.272. The number of rotatable bonds is 3. The fourth-order valence-electron chi connectivity index (χ4n) is 3.64. The monoisotopic (exact) mass is 431 g/mol. The molecule has 0 saturated carbocycles. The molecule has 5 nitrogen and oxygen atoms in total. The maximum Gasteiger partial charge on any atom is 0.415 e. The molecule has 0 N–H and O–H groups in total. The number of pyridine rings is 1. The van der Waals surface area contributed by atoms with Crippen molar-refractivity contribution in [2.75, 3.05) is 13.1 Å². The minimum atomic E-state index is -0.482. The zero-order valence-corrected chi connectivity index (χ0v) is 18.3. The topological polar surface area (TPSA) is 66.2 Å². The van der Waals surface area contributed by atoms with E-state index >= 15 is 0 Å². The number of likely N-dealkylation sites (tertiary alicyclic amines) is 1. The van der Waals surface area contributed by atoms with E-state index in [4.69, 9.17) is 10.00 Å². The number of benzene rings is 2. The molecule has 0 unspecified atom stereocenters. The molecule has 1 amide bonds. The molecule has 1 aliphatic rings. The van der Waals surface area contributed by atoms with Gasteiger partial charge in [-0.2, -0.15) is 9.65 Å². The maximum absolute atomic E-state index is 13.0. The van der Waals surface area contributed by atoms with E-state index in [1.807, 2.05) is 38.1 Å². The molecule has 0 spiro atoms. The van der Waals surface area contributed by atoms with Gasteiger partial charge < -0.3 is 9.64 Å². The summed E-state index contributed by atoms with van der Waals surface area (Å²) in [5, 5.41) is 8.89. The number of halogens is 1. The van der Waals surface area contributed by atoms with E-state index in [0.29, 0.717) is 24.4 Å². The third-order valence-corrected chi connectivity index (χ3v) is 5.38. The number of amides is 1. The van der Waals surface area contributed by atoms with Crippen LogP contribution in [0.1, 0.15) is 43.7 Å². The van der Waals surface area contributed by atoms with Crippen molar-refractivity contribution in [1.82, 2.24) is 9.88 Å². The van der Waals surface area contributed by atoms with Crippen LogP contribution in [-0.4, -0.2) is 29.1 Å². The highest BCUT2D eigenvalue weighted by molar-refractivity contribution is 5.72. The van der Waals surface area contributed by atoms with Crippen molar-refractivity contribution >= 4 is 6.09 Å².